The highest BCUT2D eigenvalue weighted by atomic mass is 19.4. The van der Waals surface area contributed by atoms with Crippen molar-refractivity contribution in [1.29, 1.82) is 0 Å². The number of hydrogen-bond donors (Lipinski definition) is 1. The monoisotopic (exact) mass is 293 g/mol. The number of nitrogens with one attached hydrogen (secondary N) is 1. The van der Waals surface area contributed by atoms with Crippen molar-refractivity contribution in [2.75, 3.05) is 14.2 Å². The van der Waals surface area contributed by atoms with Crippen molar-refractivity contribution in [1.82, 2.24) is 5.32 Å². The van der Waals surface area contributed by atoms with Gasteiger partial charge in [0.15, 0.2) is 0 Å². The van der Waals surface area contributed by atoms with Crippen LogP contribution < -0.4 is 5.32 Å². The molecule has 2 nitrogen and oxygen atoms in total. The van der Waals surface area contributed by atoms with E-state index >= 15 is 0 Å². The van der Waals surface area contributed by atoms with E-state index in [4.69, 9.17) is 4.74 Å². The van der Waals surface area contributed by atoms with E-state index in [0.717, 1.165) is 12.1 Å². The van der Waals surface area contributed by atoms with Crippen LogP contribution >= 0.6 is 0 Å². The Morgan fingerprint density at radius 2 is 1.90 bits per heavy atom. The van der Waals surface area contributed by atoms with Gasteiger partial charge in [0.1, 0.15) is 5.82 Å². The van der Waals surface area contributed by atoms with Crippen LogP contribution in [0.1, 0.15) is 36.9 Å². The average molecular weight is 293 g/mol. The third-order valence-corrected chi connectivity index (χ3v) is 3.31. The second kappa shape index (κ2) is 7.04. The van der Waals surface area contributed by atoms with Crippen molar-refractivity contribution in [3.05, 3.63) is 35.1 Å². The molecule has 0 aliphatic heterocycles. The summed E-state index contributed by atoms with van der Waals surface area (Å²) in [6.07, 6.45) is -3.36. The van der Waals surface area contributed by atoms with Gasteiger partial charge in [-0.15, -0.1) is 0 Å². The Morgan fingerprint density at radius 1 is 1.25 bits per heavy atom. The van der Waals surface area contributed by atoms with Crippen LogP contribution in [0.25, 0.3) is 0 Å². The third-order valence-electron chi connectivity index (χ3n) is 3.31. The molecule has 0 heterocycles. The van der Waals surface area contributed by atoms with Gasteiger partial charge in [0.25, 0.3) is 0 Å². The summed E-state index contributed by atoms with van der Waals surface area (Å²) in [6.45, 7) is 1.89. The van der Waals surface area contributed by atoms with E-state index in [1.54, 1.807) is 14.2 Å². The highest BCUT2D eigenvalue weighted by Crippen LogP contribution is 2.33. The first kappa shape index (κ1) is 16.9. The standard InChI is InChI=1S/C14H19F4NO/c1-9(20-3)4-7-13(19-2)10-5-6-12(15)11(8-10)14(16,17)18/h5-6,8-9,13,19H,4,7H2,1-3H3. The fraction of sp³-hybridized carbons (Fsp3) is 0.571. The Labute approximate surface area is 116 Å². The lowest BCUT2D eigenvalue weighted by atomic mass is 9.98. The molecule has 20 heavy (non-hydrogen) atoms. The van der Waals surface area contributed by atoms with Crippen molar-refractivity contribution < 1.29 is 22.3 Å². The van der Waals surface area contributed by atoms with Gasteiger partial charge in [-0.25, -0.2) is 4.39 Å². The predicted molar refractivity (Wildman–Crippen MR) is 68.9 cm³/mol. The molecule has 0 spiro atoms. The van der Waals surface area contributed by atoms with Gasteiger partial charge in [0.05, 0.1) is 11.7 Å². The van der Waals surface area contributed by atoms with Gasteiger partial charge in [-0.3, -0.25) is 0 Å². The Kier molecular flexibility index (Phi) is 5.95. The summed E-state index contributed by atoms with van der Waals surface area (Å²) >= 11 is 0. The summed E-state index contributed by atoms with van der Waals surface area (Å²) in [6, 6.07) is 2.84. The summed E-state index contributed by atoms with van der Waals surface area (Å²) in [5, 5.41) is 2.95. The van der Waals surface area contributed by atoms with Gasteiger partial charge in [-0.2, -0.15) is 13.2 Å². The summed E-state index contributed by atoms with van der Waals surface area (Å²) in [7, 11) is 3.25. The Balaban J connectivity index is 2.93. The van der Waals surface area contributed by atoms with E-state index in [2.05, 4.69) is 5.32 Å². The smallest absolute Gasteiger partial charge is 0.382 e. The fourth-order valence-electron chi connectivity index (χ4n) is 1.97. The molecule has 0 aliphatic carbocycles. The zero-order valence-electron chi connectivity index (χ0n) is 11.7. The molecule has 6 heteroatoms. The summed E-state index contributed by atoms with van der Waals surface area (Å²) in [4.78, 5) is 0. The molecule has 1 aromatic carbocycles. The van der Waals surface area contributed by atoms with Crippen LogP contribution in [-0.4, -0.2) is 20.3 Å². The second-order valence-electron chi connectivity index (χ2n) is 4.70. The van der Waals surface area contributed by atoms with E-state index in [9.17, 15) is 17.6 Å². The average Bonchev–Trinajstić information content (AvgIpc) is 2.39. The number of methoxy groups -OCH3 is 1. The highest BCUT2D eigenvalue weighted by Gasteiger charge is 2.34. The minimum absolute atomic E-state index is 0.0217. The number of rotatable bonds is 6. The van der Waals surface area contributed by atoms with Crippen LogP contribution in [-0.2, 0) is 10.9 Å². The Bertz CT molecular complexity index is 434. The lowest BCUT2D eigenvalue weighted by Gasteiger charge is -2.20. The molecule has 2 unspecified atom stereocenters. The molecular formula is C14H19F4NO. The normalized spacial score (nSPS) is 15.2. The molecule has 0 saturated carbocycles. The Hall–Kier alpha value is -1.14. The summed E-state index contributed by atoms with van der Waals surface area (Å²) in [5.41, 5.74) is -0.806. The van der Waals surface area contributed by atoms with E-state index in [1.807, 2.05) is 6.92 Å². The largest absolute Gasteiger partial charge is 0.419 e. The third kappa shape index (κ3) is 4.45. The minimum Gasteiger partial charge on any atom is -0.382 e. The van der Waals surface area contributed by atoms with Crippen LogP contribution in [0.5, 0.6) is 0 Å². The molecule has 0 aromatic heterocycles. The van der Waals surface area contributed by atoms with Crippen molar-refractivity contribution in [2.24, 2.45) is 0 Å². The zero-order valence-corrected chi connectivity index (χ0v) is 11.7. The molecule has 2 atom stereocenters. The first-order chi connectivity index (χ1) is 9.29. The van der Waals surface area contributed by atoms with E-state index in [-0.39, 0.29) is 12.1 Å². The lowest BCUT2D eigenvalue weighted by molar-refractivity contribution is -0.140. The summed E-state index contributed by atoms with van der Waals surface area (Å²) < 4.78 is 56.4. The van der Waals surface area contributed by atoms with Gasteiger partial charge in [0.2, 0.25) is 0 Å². The quantitative estimate of drug-likeness (QED) is 0.803. The molecule has 0 fully saturated rings. The lowest BCUT2D eigenvalue weighted by Crippen LogP contribution is -2.20. The predicted octanol–water partition coefficient (Wildman–Crippen LogP) is 3.92. The molecular weight excluding hydrogens is 274 g/mol. The van der Waals surface area contributed by atoms with E-state index in [0.29, 0.717) is 18.4 Å². The zero-order chi connectivity index (χ0) is 15.3. The van der Waals surface area contributed by atoms with Gasteiger partial charge < -0.3 is 10.1 Å². The maximum Gasteiger partial charge on any atom is 0.419 e. The SMILES string of the molecule is CNC(CCC(C)OC)c1ccc(F)c(C(F)(F)F)c1. The Morgan fingerprint density at radius 3 is 2.40 bits per heavy atom. The number of ether oxygens (including phenoxy) is 1. The van der Waals surface area contributed by atoms with Gasteiger partial charge in [-0.1, -0.05) is 6.07 Å². The van der Waals surface area contributed by atoms with E-state index < -0.39 is 17.6 Å². The number of alkyl halides is 3. The van der Waals surface area contributed by atoms with Crippen LogP contribution in [0.2, 0.25) is 0 Å². The minimum atomic E-state index is -4.68. The number of hydrogen-bond acceptors (Lipinski definition) is 2. The van der Waals surface area contributed by atoms with E-state index in [1.165, 1.54) is 6.07 Å². The van der Waals surface area contributed by atoms with Crippen molar-refractivity contribution in [3.8, 4) is 0 Å². The van der Waals surface area contributed by atoms with Crippen molar-refractivity contribution in [3.63, 3.8) is 0 Å². The van der Waals surface area contributed by atoms with Gasteiger partial charge >= 0.3 is 6.18 Å². The first-order valence-corrected chi connectivity index (χ1v) is 6.36. The molecule has 114 valence electrons. The molecule has 0 saturated heterocycles. The molecule has 0 radical (unpaired) electrons. The van der Waals surface area contributed by atoms with Crippen molar-refractivity contribution >= 4 is 0 Å². The summed E-state index contributed by atoms with van der Waals surface area (Å²) in [5.74, 6) is -1.25. The molecule has 0 amide bonds. The molecule has 0 aliphatic rings. The maximum atomic E-state index is 13.2. The number of benzene rings is 1. The second-order valence-corrected chi connectivity index (χ2v) is 4.70. The van der Waals surface area contributed by atoms with Gasteiger partial charge in [0, 0.05) is 13.2 Å². The first-order valence-electron chi connectivity index (χ1n) is 6.36. The van der Waals surface area contributed by atoms with Crippen LogP contribution in [0.4, 0.5) is 17.6 Å². The molecule has 1 N–H and O–H groups in total. The van der Waals surface area contributed by atoms with Crippen LogP contribution in [0, 0.1) is 5.82 Å². The fourth-order valence-corrected chi connectivity index (χ4v) is 1.97. The van der Waals surface area contributed by atoms with Crippen LogP contribution in [0.15, 0.2) is 18.2 Å². The molecule has 1 aromatic rings. The topological polar surface area (TPSA) is 21.3 Å². The van der Waals surface area contributed by atoms with Gasteiger partial charge in [-0.05, 0) is 44.5 Å². The van der Waals surface area contributed by atoms with Crippen LogP contribution in [0.3, 0.4) is 0 Å². The van der Waals surface area contributed by atoms with Crippen molar-refractivity contribution in [2.45, 2.75) is 38.1 Å². The number of halogens is 4. The molecule has 1 rings (SSSR count). The maximum absolute atomic E-state index is 13.2. The molecule has 0 bridgehead atoms. The highest BCUT2D eigenvalue weighted by molar-refractivity contribution is 5.29.